The fraction of sp³-hybridized carbons (Fsp3) is 0.643. The molecule has 2 aliphatic heterocycles. The molecule has 0 spiro atoms. The van der Waals surface area contributed by atoms with Crippen molar-refractivity contribution >= 4 is 17.8 Å². The van der Waals surface area contributed by atoms with Crippen LogP contribution in [0.2, 0.25) is 0 Å². The molecule has 0 N–H and O–H groups in total. The van der Waals surface area contributed by atoms with Crippen molar-refractivity contribution in [2.24, 2.45) is 10.9 Å². The van der Waals surface area contributed by atoms with E-state index >= 15 is 0 Å². The lowest BCUT2D eigenvalue weighted by molar-refractivity contribution is -0.143. The highest BCUT2D eigenvalue weighted by Gasteiger charge is 2.33. The van der Waals surface area contributed by atoms with E-state index in [-0.39, 0.29) is 12.0 Å². The molecule has 19 heavy (non-hydrogen) atoms. The average molecular weight is 286 g/mol. The van der Waals surface area contributed by atoms with E-state index in [1.54, 1.807) is 6.21 Å². The standard InChI is InChI=1S/C14H20ClNO3/c1-4-10-5-11(15)7-16-13(6-10)17-8-12-9-18-14(2,3)19-12/h5-7,10,12H,4,8-9H2,1-3H3/t10?,12-/m0/s1. The minimum atomic E-state index is -0.522. The lowest BCUT2D eigenvalue weighted by Crippen LogP contribution is -2.23. The van der Waals surface area contributed by atoms with Gasteiger partial charge in [0.15, 0.2) is 5.79 Å². The smallest absolute Gasteiger partial charge is 0.209 e. The summed E-state index contributed by atoms with van der Waals surface area (Å²) in [6.45, 7) is 6.86. The Morgan fingerprint density at radius 2 is 2.26 bits per heavy atom. The molecule has 0 bridgehead atoms. The Labute approximate surface area is 119 Å². The third kappa shape index (κ3) is 4.34. The van der Waals surface area contributed by atoms with Crippen molar-refractivity contribution in [3.05, 3.63) is 23.1 Å². The molecular formula is C14H20ClNO3. The van der Waals surface area contributed by atoms with Crippen LogP contribution in [0.1, 0.15) is 27.2 Å². The summed E-state index contributed by atoms with van der Waals surface area (Å²) >= 11 is 6.00. The van der Waals surface area contributed by atoms with Crippen molar-refractivity contribution in [3.8, 4) is 0 Å². The number of hydrogen-bond donors (Lipinski definition) is 0. The molecule has 2 heterocycles. The number of aliphatic imine (C=N–C) groups is 1. The number of rotatable bonds is 4. The summed E-state index contributed by atoms with van der Waals surface area (Å²) in [5.74, 6) is 0.320. The summed E-state index contributed by atoms with van der Waals surface area (Å²) in [4.78, 5) is 4.22. The zero-order chi connectivity index (χ0) is 13.9. The van der Waals surface area contributed by atoms with Gasteiger partial charge in [-0.05, 0) is 26.3 Å². The maximum Gasteiger partial charge on any atom is 0.209 e. The molecule has 1 fully saturated rings. The number of nitrogens with zero attached hydrogens (tertiary/aromatic N) is 1. The van der Waals surface area contributed by atoms with E-state index in [4.69, 9.17) is 25.8 Å². The second-order valence-electron chi connectivity index (χ2n) is 5.15. The summed E-state index contributed by atoms with van der Waals surface area (Å²) in [7, 11) is 0. The van der Waals surface area contributed by atoms with Crippen LogP contribution in [0.3, 0.4) is 0 Å². The van der Waals surface area contributed by atoms with Crippen LogP contribution in [0.15, 0.2) is 28.1 Å². The predicted octanol–water partition coefficient (Wildman–Crippen LogP) is 3.23. The molecule has 1 saturated heterocycles. The third-order valence-electron chi connectivity index (χ3n) is 3.00. The number of allylic oxidation sites excluding steroid dienone is 3. The summed E-state index contributed by atoms with van der Waals surface area (Å²) in [6, 6.07) is 0. The quantitative estimate of drug-likeness (QED) is 0.796. The topological polar surface area (TPSA) is 40.0 Å². The van der Waals surface area contributed by atoms with Gasteiger partial charge in [0.05, 0.1) is 11.6 Å². The maximum atomic E-state index is 6.00. The summed E-state index contributed by atoms with van der Waals surface area (Å²) < 4.78 is 16.9. The van der Waals surface area contributed by atoms with Gasteiger partial charge in [-0.1, -0.05) is 24.6 Å². The highest BCUT2D eigenvalue weighted by Crippen LogP contribution is 2.24. The maximum absolute atomic E-state index is 6.00. The first-order valence-electron chi connectivity index (χ1n) is 6.56. The van der Waals surface area contributed by atoms with Gasteiger partial charge in [-0.15, -0.1) is 0 Å². The normalized spacial score (nSPS) is 29.7. The Morgan fingerprint density at radius 1 is 1.47 bits per heavy atom. The molecule has 0 aromatic carbocycles. The Bertz CT molecular complexity index is 415. The van der Waals surface area contributed by atoms with Gasteiger partial charge >= 0.3 is 0 Å². The zero-order valence-electron chi connectivity index (χ0n) is 11.6. The lowest BCUT2D eigenvalue weighted by atomic mass is 10.1. The van der Waals surface area contributed by atoms with E-state index in [1.807, 2.05) is 26.0 Å². The van der Waals surface area contributed by atoms with Crippen LogP contribution in [0, 0.1) is 5.92 Å². The summed E-state index contributed by atoms with van der Waals surface area (Å²) in [6.07, 6.45) is 6.46. The van der Waals surface area contributed by atoms with Crippen LogP contribution < -0.4 is 0 Å². The van der Waals surface area contributed by atoms with E-state index in [0.717, 1.165) is 6.42 Å². The first-order chi connectivity index (χ1) is 8.98. The predicted molar refractivity (Wildman–Crippen MR) is 75.1 cm³/mol. The minimum absolute atomic E-state index is 0.0575. The van der Waals surface area contributed by atoms with E-state index in [0.29, 0.717) is 24.1 Å². The van der Waals surface area contributed by atoms with Crippen molar-refractivity contribution in [1.82, 2.24) is 0 Å². The molecule has 0 radical (unpaired) electrons. The molecule has 0 aliphatic carbocycles. The second-order valence-corrected chi connectivity index (χ2v) is 5.58. The first kappa shape index (κ1) is 14.6. The molecule has 2 aliphatic rings. The van der Waals surface area contributed by atoms with Crippen molar-refractivity contribution < 1.29 is 14.2 Å². The molecule has 0 aromatic heterocycles. The van der Waals surface area contributed by atoms with Gasteiger partial charge in [-0.25, -0.2) is 4.99 Å². The largest absolute Gasteiger partial charge is 0.475 e. The summed E-state index contributed by atoms with van der Waals surface area (Å²) in [5.41, 5.74) is 0. The van der Waals surface area contributed by atoms with Crippen LogP contribution in [-0.2, 0) is 14.2 Å². The van der Waals surface area contributed by atoms with Gasteiger partial charge in [0.25, 0.3) is 0 Å². The molecule has 106 valence electrons. The van der Waals surface area contributed by atoms with Crippen LogP contribution in [0.25, 0.3) is 0 Å². The molecular weight excluding hydrogens is 266 g/mol. The average Bonchev–Trinajstić information content (AvgIpc) is 2.59. The second kappa shape index (κ2) is 6.07. The zero-order valence-corrected chi connectivity index (χ0v) is 12.3. The highest BCUT2D eigenvalue weighted by molar-refractivity contribution is 6.39. The third-order valence-corrected chi connectivity index (χ3v) is 3.22. The van der Waals surface area contributed by atoms with Gasteiger partial charge in [0, 0.05) is 12.1 Å². The van der Waals surface area contributed by atoms with Crippen LogP contribution >= 0.6 is 11.6 Å². The Balaban J connectivity index is 1.89. The van der Waals surface area contributed by atoms with E-state index in [9.17, 15) is 0 Å². The Hall–Kier alpha value is -0.840. The van der Waals surface area contributed by atoms with Gasteiger partial charge < -0.3 is 14.2 Å². The van der Waals surface area contributed by atoms with Crippen molar-refractivity contribution in [2.75, 3.05) is 13.2 Å². The van der Waals surface area contributed by atoms with E-state index < -0.39 is 5.79 Å². The number of hydrogen-bond acceptors (Lipinski definition) is 4. The van der Waals surface area contributed by atoms with Gasteiger partial charge in [-0.2, -0.15) is 0 Å². The Morgan fingerprint density at radius 3 is 2.89 bits per heavy atom. The van der Waals surface area contributed by atoms with Crippen molar-refractivity contribution in [2.45, 2.75) is 39.1 Å². The van der Waals surface area contributed by atoms with Crippen LogP contribution in [0.5, 0.6) is 0 Å². The number of halogens is 1. The number of ether oxygens (including phenoxy) is 3. The molecule has 0 aromatic rings. The first-order valence-corrected chi connectivity index (χ1v) is 6.94. The fourth-order valence-electron chi connectivity index (χ4n) is 1.99. The van der Waals surface area contributed by atoms with Gasteiger partial charge in [0.2, 0.25) is 5.88 Å². The molecule has 4 nitrogen and oxygen atoms in total. The van der Waals surface area contributed by atoms with Crippen molar-refractivity contribution in [3.63, 3.8) is 0 Å². The minimum Gasteiger partial charge on any atom is -0.475 e. The lowest BCUT2D eigenvalue weighted by Gasteiger charge is -2.17. The van der Waals surface area contributed by atoms with Gasteiger partial charge in [-0.3, -0.25) is 0 Å². The SMILES string of the molecule is CCC1C=C(Cl)C=NC(OC[C@H]2COC(C)(C)O2)=C1. The highest BCUT2D eigenvalue weighted by atomic mass is 35.5. The molecule has 1 unspecified atom stereocenters. The fourth-order valence-corrected chi connectivity index (χ4v) is 2.20. The molecule has 2 atom stereocenters. The van der Waals surface area contributed by atoms with Crippen LogP contribution in [0.4, 0.5) is 0 Å². The molecule has 2 rings (SSSR count). The molecule has 0 saturated carbocycles. The van der Waals surface area contributed by atoms with E-state index in [1.165, 1.54) is 0 Å². The Kier molecular flexibility index (Phi) is 4.66. The molecule has 5 heteroatoms. The van der Waals surface area contributed by atoms with Gasteiger partial charge in [0.1, 0.15) is 12.7 Å². The molecule has 0 amide bonds. The van der Waals surface area contributed by atoms with E-state index in [2.05, 4.69) is 11.9 Å². The summed E-state index contributed by atoms with van der Waals surface area (Å²) in [5, 5.41) is 0.642. The monoisotopic (exact) mass is 285 g/mol. The van der Waals surface area contributed by atoms with Crippen LogP contribution in [-0.4, -0.2) is 31.3 Å². The van der Waals surface area contributed by atoms with Crippen molar-refractivity contribution in [1.29, 1.82) is 0 Å².